The Balaban J connectivity index is 1.34. The van der Waals surface area contributed by atoms with Gasteiger partial charge in [0.1, 0.15) is 12.1 Å². The highest BCUT2D eigenvalue weighted by Gasteiger charge is 2.56. The molecule has 1 aliphatic carbocycles. The van der Waals surface area contributed by atoms with Crippen LogP contribution in [0.3, 0.4) is 0 Å². The van der Waals surface area contributed by atoms with Crippen molar-refractivity contribution in [2.24, 2.45) is 17.8 Å². The normalized spacial score (nSPS) is 29.2. The van der Waals surface area contributed by atoms with Crippen molar-refractivity contribution in [3.63, 3.8) is 0 Å². The molecule has 31 heavy (non-hydrogen) atoms. The van der Waals surface area contributed by atoms with Gasteiger partial charge in [-0.2, -0.15) is 0 Å². The van der Waals surface area contributed by atoms with E-state index >= 15 is 0 Å². The molecule has 1 aromatic rings. The predicted octanol–water partition coefficient (Wildman–Crippen LogP) is 2.50. The van der Waals surface area contributed by atoms with Crippen LogP contribution in [0.2, 0.25) is 0 Å². The molecule has 0 radical (unpaired) electrons. The lowest BCUT2D eigenvalue weighted by Gasteiger charge is -2.35. The second-order valence-corrected chi connectivity index (χ2v) is 9.98. The van der Waals surface area contributed by atoms with Crippen molar-refractivity contribution in [2.75, 3.05) is 19.6 Å². The second-order valence-electron chi connectivity index (χ2n) is 9.98. The van der Waals surface area contributed by atoms with E-state index in [0.717, 1.165) is 42.9 Å². The van der Waals surface area contributed by atoms with Gasteiger partial charge >= 0.3 is 6.03 Å². The fourth-order valence-corrected chi connectivity index (χ4v) is 5.24. The third-order valence-corrected chi connectivity index (χ3v) is 6.93. The number of nitrogens with zero attached hydrogens (tertiary/aromatic N) is 2. The van der Waals surface area contributed by atoms with Crippen LogP contribution in [0.1, 0.15) is 51.2 Å². The highest BCUT2D eigenvalue weighted by molar-refractivity contribution is 6.09. The molecule has 0 spiro atoms. The van der Waals surface area contributed by atoms with Crippen molar-refractivity contribution in [3.05, 3.63) is 35.4 Å². The van der Waals surface area contributed by atoms with E-state index in [9.17, 15) is 14.4 Å². The van der Waals surface area contributed by atoms with Crippen LogP contribution in [0.15, 0.2) is 24.3 Å². The van der Waals surface area contributed by atoms with E-state index in [1.165, 1.54) is 12.0 Å². The summed E-state index contributed by atoms with van der Waals surface area (Å²) >= 11 is 0. The number of carbonyl (C=O) groups excluding carboxylic acids is 3. The zero-order valence-corrected chi connectivity index (χ0v) is 18.8. The topological polar surface area (TPSA) is 81.8 Å². The van der Waals surface area contributed by atoms with Crippen LogP contribution in [0.4, 0.5) is 4.79 Å². The lowest BCUT2D eigenvalue weighted by Crippen LogP contribution is -2.47. The van der Waals surface area contributed by atoms with E-state index in [1.54, 1.807) is 6.92 Å². The molecule has 0 unspecified atom stereocenters. The standard InChI is InChI=1S/C24H34N4O3/c1-16-10-17(2)13-27(12-16)14-19-7-5-4-6-18(19)11-25-21(29)15-28-22(30)24(3,20-8-9-20)26-23(28)31/h4-7,16-17,20H,8-15H2,1-3H3,(H,25,29)(H,26,31)/t16-,17+,24-/m1/s1. The van der Waals surface area contributed by atoms with Gasteiger partial charge < -0.3 is 10.6 Å². The van der Waals surface area contributed by atoms with E-state index in [4.69, 9.17) is 0 Å². The molecule has 2 saturated heterocycles. The Morgan fingerprint density at radius 2 is 1.77 bits per heavy atom. The molecule has 168 valence electrons. The van der Waals surface area contributed by atoms with Crippen LogP contribution < -0.4 is 10.6 Å². The molecule has 2 aliphatic heterocycles. The summed E-state index contributed by atoms with van der Waals surface area (Å²) in [4.78, 5) is 41.1. The Bertz CT molecular complexity index is 858. The van der Waals surface area contributed by atoms with Crippen LogP contribution >= 0.6 is 0 Å². The monoisotopic (exact) mass is 426 g/mol. The second kappa shape index (κ2) is 8.61. The van der Waals surface area contributed by atoms with Gasteiger partial charge in [-0.15, -0.1) is 0 Å². The predicted molar refractivity (Wildman–Crippen MR) is 118 cm³/mol. The smallest absolute Gasteiger partial charge is 0.325 e. The molecule has 4 amide bonds. The number of urea groups is 1. The fourth-order valence-electron chi connectivity index (χ4n) is 5.24. The average Bonchev–Trinajstić information content (AvgIpc) is 3.53. The minimum Gasteiger partial charge on any atom is -0.350 e. The Morgan fingerprint density at radius 1 is 1.13 bits per heavy atom. The molecular weight excluding hydrogens is 392 g/mol. The molecule has 3 aliphatic rings. The number of amides is 4. The van der Waals surface area contributed by atoms with E-state index < -0.39 is 11.6 Å². The lowest BCUT2D eigenvalue weighted by molar-refractivity contribution is -0.135. The van der Waals surface area contributed by atoms with Gasteiger partial charge in [-0.3, -0.25) is 19.4 Å². The number of rotatable bonds is 7. The number of imide groups is 1. The maximum Gasteiger partial charge on any atom is 0.325 e. The molecule has 4 rings (SSSR count). The number of benzene rings is 1. The van der Waals surface area contributed by atoms with E-state index in [-0.39, 0.29) is 24.3 Å². The summed E-state index contributed by atoms with van der Waals surface area (Å²) in [5.41, 5.74) is 1.43. The van der Waals surface area contributed by atoms with Gasteiger partial charge in [0.05, 0.1) is 0 Å². The summed E-state index contributed by atoms with van der Waals surface area (Å²) in [7, 11) is 0. The van der Waals surface area contributed by atoms with Gasteiger partial charge in [0.15, 0.2) is 0 Å². The first-order chi connectivity index (χ1) is 14.8. The van der Waals surface area contributed by atoms with Crippen LogP contribution in [0.25, 0.3) is 0 Å². The molecule has 3 atom stereocenters. The van der Waals surface area contributed by atoms with Crippen molar-refractivity contribution >= 4 is 17.8 Å². The SMILES string of the molecule is C[C@@H]1C[C@H](C)CN(Cc2ccccc2CNC(=O)CN2C(=O)N[C@](C)(C3CC3)C2=O)C1. The van der Waals surface area contributed by atoms with Gasteiger partial charge in [-0.1, -0.05) is 38.1 Å². The summed E-state index contributed by atoms with van der Waals surface area (Å²) in [6.07, 6.45) is 3.15. The minimum absolute atomic E-state index is 0.184. The maximum atomic E-state index is 12.7. The summed E-state index contributed by atoms with van der Waals surface area (Å²) < 4.78 is 0. The minimum atomic E-state index is -0.854. The summed E-state index contributed by atoms with van der Waals surface area (Å²) in [6, 6.07) is 7.69. The molecule has 0 bridgehead atoms. The number of hydrogen-bond donors (Lipinski definition) is 2. The highest BCUT2D eigenvalue weighted by Crippen LogP contribution is 2.42. The summed E-state index contributed by atoms with van der Waals surface area (Å²) in [5, 5.41) is 5.69. The molecule has 3 fully saturated rings. The van der Waals surface area contributed by atoms with Crippen LogP contribution in [-0.2, 0) is 22.7 Å². The van der Waals surface area contributed by atoms with Crippen molar-refractivity contribution in [3.8, 4) is 0 Å². The van der Waals surface area contributed by atoms with Crippen molar-refractivity contribution in [1.29, 1.82) is 0 Å². The Morgan fingerprint density at radius 3 is 2.42 bits per heavy atom. The molecule has 7 nitrogen and oxygen atoms in total. The third-order valence-electron chi connectivity index (χ3n) is 6.93. The lowest BCUT2D eigenvalue weighted by atomic mass is 9.91. The number of nitrogens with one attached hydrogen (secondary N) is 2. The van der Waals surface area contributed by atoms with E-state index in [1.807, 2.05) is 18.2 Å². The number of likely N-dealkylation sites (tertiary alicyclic amines) is 1. The summed E-state index contributed by atoms with van der Waals surface area (Å²) in [6.45, 7) is 9.58. The fraction of sp³-hybridized carbons (Fsp3) is 0.625. The van der Waals surface area contributed by atoms with Gasteiger partial charge in [0.2, 0.25) is 5.91 Å². The molecule has 1 saturated carbocycles. The van der Waals surface area contributed by atoms with Gasteiger partial charge in [0.25, 0.3) is 5.91 Å². The van der Waals surface area contributed by atoms with Gasteiger partial charge in [0, 0.05) is 26.2 Å². The van der Waals surface area contributed by atoms with Crippen molar-refractivity contribution in [2.45, 2.75) is 58.7 Å². The first-order valence-corrected chi connectivity index (χ1v) is 11.5. The molecular formula is C24H34N4O3. The molecule has 2 N–H and O–H groups in total. The van der Waals surface area contributed by atoms with Gasteiger partial charge in [-0.05, 0) is 55.1 Å². The maximum absolute atomic E-state index is 12.7. The van der Waals surface area contributed by atoms with Crippen LogP contribution in [-0.4, -0.2) is 52.8 Å². The quantitative estimate of drug-likeness (QED) is 0.657. The first-order valence-electron chi connectivity index (χ1n) is 11.5. The molecule has 2 heterocycles. The van der Waals surface area contributed by atoms with Gasteiger partial charge in [-0.25, -0.2) is 4.79 Å². The largest absolute Gasteiger partial charge is 0.350 e. The molecule has 0 aromatic heterocycles. The zero-order chi connectivity index (χ0) is 22.2. The number of carbonyl (C=O) groups is 3. The molecule has 7 heteroatoms. The van der Waals surface area contributed by atoms with E-state index in [2.05, 4.69) is 35.4 Å². The zero-order valence-electron chi connectivity index (χ0n) is 18.8. The Labute approximate surface area is 184 Å². The van der Waals surface area contributed by atoms with Crippen LogP contribution in [0.5, 0.6) is 0 Å². The van der Waals surface area contributed by atoms with Crippen LogP contribution in [0, 0.1) is 17.8 Å². The highest BCUT2D eigenvalue weighted by atomic mass is 16.2. The van der Waals surface area contributed by atoms with E-state index in [0.29, 0.717) is 18.4 Å². The molecule has 1 aromatic carbocycles. The van der Waals surface area contributed by atoms with Crippen molar-refractivity contribution in [1.82, 2.24) is 20.4 Å². The Kier molecular flexibility index (Phi) is 6.06. The summed E-state index contributed by atoms with van der Waals surface area (Å²) in [5.74, 6) is 0.966. The number of hydrogen-bond acceptors (Lipinski definition) is 4. The van der Waals surface area contributed by atoms with Crippen molar-refractivity contribution < 1.29 is 14.4 Å². The number of piperidine rings is 1. The first kappa shape index (κ1) is 21.8. The third kappa shape index (κ3) is 4.76. The average molecular weight is 427 g/mol. The Hall–Kier alpha value is -2.41.